The van der Waals surface area contributed by atoms with Crippen LogP contribution in [-0.2, 0) is 23.8 Å². The van der Waals surface area contributed by atoms with Crippen LogP contribution in [0.5, 0.6) is 0 Å². The van der Waals surface area contributed by atoms with Gasteiger partial charge in [-0.2, -0.15) is 0 Å². The molecule has 10 N–H and O–H groups in total. The summed E-state index contributed by atoms with van der Waals surface area (Å²) in [5.41, 5.74) is 5.39. The monoisotopic (exact) mass is 440 g/mol. The van der Waals surface area contributed by atoms with Crippen LogP contribution in [0.15, 0.2) is 0 Å². The zero-order valence-electron chi connectivity index (χ0n) is 16.1. The molecule has 0 aliphatic carbocycles. The van der Waals surface area contributed by atoms with Crippen molar-refractivity contribution in [2.75, 3.05) is 13.2 Å². The SMILES string of the molecule is CC(=O)N[C@H]1C(O)O[C@H](CO)[C@H](O)[C@@H]1O[C@@]1(C(N)=O)C[C@@H](O)[C@@H](O)[C@@H]([C@H](O)CO)O1. The molecule has 0 bridgehead atoms. The smallest absolute Gasteiger partial charge is 0.277 e. The molecule has 0 aromatic rings. The van der Waals surface area contributed by atoms with Crippen molar-refractivity contribution in [1.82, 2.24) is 5.32 Å². The van der Waals surface area contributed by atoms with Gasteiger partial charge in [0.25, 0.3) is 11.7 Å². The quantitative estimate of drug-likeness (QED) is 0.180. The summed E-state index contributed by atoms with van der Waals surface area (Å²) < 4.78 is 16.0. The molecule has 30 heavy (non-hydrogen) atoms. The molecular formula is C16H28N2O12. The third kappa shape index (κ3) is 4.88. The first-order valence-electron chi connectivity index (χ1n) is 9.17. The predicted octanol–water partition coefficient (Wildman–Crippen LogP) is -6.01. The minimum absolute atomic E-state index is 0.660. The average molecular weight is 440 g/mol. The van der Waals surface area contributed by atoms with Gasteiger partial charge in [-0.05, 0) is 0 Å². The van der Waals surface area contributed by atoms with E-state index in [-0.39, 0.29) is 0 Å². The number of amides is 2. The van der Waals surface area contributed by atoms with Gasteiger partial charge in [0.2, 0.25) is 5.91 Å². The number of aliphatic hydroxyl groups excluding tert-OH is 7. The molecular weight excluding hydrogens is 412 g/mol. The molecule has 2 aliphatic heterocycles. The van der Waals surface area contributed by atoms with E-state index in [0.717, 1.165) is 6.92 Å². The molecule has 2 fully saturated rings. The first-order valence-corrected chi connectivity index (χ1v) is 9.17. The van der Waals surface area contributed by atoms with Crippen molar-refractivity contribution >= 4 is 11.8 Å². The second kappa shape index (κ2) is 9.78. The number of rotatable bonds is 7. The summed E-state index contributed by atoms with van der Waals surface area (Å²) in [4.78, 5) is 23.8. The highest BCUT2D eigenvalue weighted by Crippen LogP contribution is 2.36. The summed E-state index contributed by atoms with van der Waals surface area (Å²) in [6, 6.07) is -1.45. The molecule has 1 unspecified atom stereocenters. The zero-order chi connectivity index (χ0) is 22.8. The maximum atomic E-state index is 12.3. The molecule has 0 radical (unpaired) electrons. The van der Waals surface area contributed by atoms with Crippen LogP contribution >= 0.6 is 0 Å². The Hall–Kier alpha value is -1.46. The number of carbonyl (C=O) groups is 2. The average Bonchev–Trinajstić information content (AvgIpc) is 2.68. The molecule has 14 nitrogen and oxygen atoms in total. The van der Waals surface area contributed by atoms with Crippen LogP contribution in [0, 0.1) is 0 Å². The lowest BCUT2D eigenvalue weighted by Gasteiger charge is -2.49. The van der Waals surface area contributed by atoms with E-state index in [1.165, 1.54) is 0 Å². The molecule has 2 heterocycles. The minimum atomic E-state index is -2.54. The van der Waals surface area contributed by atoms with Crippen molar-refractivity contribution in [1.29, 1.82) is 0 Å². The van der Waals surface area contributed by atoms with Gasteiger partial charge in [0.05, 0.1) is 19.3 Å². The Balaban J connectivity index is 2.42. The van der Waals surface area contributed by atoms with Gasteiger partial charge in [-0.15, -0.1) is 0 Å². The Morgan fingerprint density at radius 1 is 1.23 bits per heavy atom. The maximum Gasteiger partial charge on any atom is 0.277 e. The van der Waals surface area contributed by atoms with Crippen molar-refractivity contribution in [2.45, 2.75) is 74.2 Å². The fraction of sp³-hybridized carbons (Fsp3) is 0.875. The van der Waals surface area contributed by atoms with Gasteiger partial charge in [0, 0.05) is 13.3 Å². The van der Waals surface area contributed by atoms with E-state index < -0.39 is 92.3 Å². The molecule has 2 amide bonds. The van der Waals surface area contributed by atoms with Gasteiger partial charge < -0.3 is 61.0 Å². The van der Waals surface area contributed by atoms with E-state index in [2.05, 4.69) is 5.32 Å². The molecule has 2 rings (SSSR count). The van der Waals surface area contributed by atoms with Crippen LogP contribution < -0.4 is 11.1 Å². The normalized spacial score (nSPS) is 43.1. The Morgan fingerprint density at radius 3 is 2.37 bits per heavy atom. The highest BCUT2D eigenvalue weighted by Gasteiger charge is 2.57. The van der Waals surface area contributed by atoms with Crippen LogP contribution in [0.2, 0.25) is 0 Å². The lowest BCUT2D eigenvalue weighted by Crippen LogP contribution is -2.70. The highest BCUT2D eigenvalue weighted by atomic mass is 16.7. The minimum Gasteiger partial charge on any atom is -0.394 e. The standard InChI is InChI=1S/C16H28N2O12/c1-5(21)18-9-13(11(25)8(4-20)28-14(9)26)30-16(15(17)27)2-6(22)10(24)12(29-16)7(23)3-19/h6-14,19-20,22-26H,2-4H2,1H3,(H2,17,27)(H,18,21)/t6-,7-,8-,9-,10-,11+,12-,13-,14?,16-/m1/s1. The molecule has 0 aromatic carbocycles. The second-order valence-corrected chi connectivity index (χ2v) is 7.26. The molecule has 0 saturated carbocycles. The third-order valence-electron chi connectivity index (χ3n) is 5.05. The molecule has 2 saturated heterocycles. The van der Waals surface area contributed by atoms with Crippen molar-refractivity contribution in [3.63, 3.8) is 0 Å². The number of hydrogen-bond acceptors (Lipinski definition) is 12. The zero-order valence-corrected chi connectivity index (χ0v) is 16.1. The lowest BCUT2D eigenvalue weighted by molar-refractivity contribution is -0.354. The van der Waals surface area contributed by atoms with E-state index in [4.69, 9.17) is 25.1 Å². The molecule has 174 valence electrons. The summed E-state index contributed by atoms with van der Waals surface area (Å²) in [7, 11) is 0. The molecule has 14 heteroatoms. The lowest BCUT2D eigenvalue weighted by atomic mass is 9.91. The first-order chi connectivity index (χ1) is 14.0. The molecule has 10 atom stereocenters. The number of aliphatic hydroxyl groups is 7. The largest absolute Gasteiger partial charge is 0.394 e. The second-order valence-electron chi connectivity index (χ2n) is 7.26. The van der Waals surface area contributed by atoms with Crippen LogP contribution in [0.4, 0.5) is 0 Å². The Labute approximate surface area is 170 Å². The van der Waals surface area contributed by atoms with Gasteiger partial charge in [0.15, 0.2) is 6.29 Å². The fourth-order valence-electron chi connectivity index (χ4n) is 3.49. The Kier molecular flexibility index (Phi) is 8.09. The summed E-state index contributed by atoms with van der Waals surface area (Å²) >= 11 is 0. The van der Waals surface area contributed by atoms with Crippen LogP contribution in [0.1, 0.15) is 13.3 Å². The van der Waals surface area contributed by atoms with Gasteiger partial charge in [-0.25, -0.2) is 0 Å². The van der Waals surface area contributed by atoms with Crippen LogP contribution in [0.25, 0.3) is 0 Å². The summed E-state index contributed by atoms with van der Waals surface area (Å²) in [5, 5.41) is 71.6. The highest BCUT2D eigenvalue weighted by molar-refractivity contribution is 5.82. The van der Waals surface area contributed by atoms with Crippen LogP contribution in [-0.4, -0.2) is 122 Å². The van der Waals surface area contributed by atoms with Crippen molar-refractivity contribution < 1.29 is 59.5 Å². The summed E-state index contributed by atoms with van der Waals surface area (Å²) in [5.74, 6) is -4.52. The maximum absolute atomic E-state index is 12.3. The van der Waals surface area contributed by atoms with Gasteiger partial charge in [-0.1, -0.05) is 0 Å². The van der Waals surface area contributed by atoms with Gasteiger partial charge in [-0.3, -0.25) is 9.59 Å². The number of primary amides is 1. The van der Waals surface area contributed by atoms with E-state index >= 15 is 0 Å². The molecule has 0 aromatic heterocycles. The van der Waals surface area contributed by atoms with Crippen molar-refractivity contribution in [2.24, 2.45) is 5.73 Å². The topological polar surface area (TPSA) is 241 Å². The number of ether oxygens (including phenoxy) is 3. The third-order valence-corrected chi connectivity index (χ3v) is 5.05. The Morgan fingerprint density at radius 2 is 1.87 bits per heavy atom. The number of carbonyl (C=O) groups excluding carboxylic acids is 2. The molecule has 2 aliphatic rings. The van der Waals surface area contributed by atoms with Gasteiger partial charge in [0.1, 0.15) is 42.7 Å². The fourth-order valence-corrected chi connectivity index (χ4v) is 3.49. The Bertz CT molecular complexity index is 623. The van der Waals surface area contributed by atoms with Crippen molar-refractivity contribution in [3.05, 3.63) is 0 Å². The van der Waals surface area contributed by atoms with E-state index in [9.17, 15) is 40.2 Å². The van der Waals surface area contributed by atoms with E-state index in [1.807, 2.05) is 0 Å². The first kappa shape index (κ1) is 24.8. The number of nitrogens with two attached hydrogens (primary N) is 1. The summed E-state index contributed by atoms with van der Waals surface area (Å²) in [6.07, 6.45) is -14.1. The van der Waals surface area contributed by atoms with Crippen molar-refractivity contribution in [3.8, 4) is 0 Å². The number of hydrogen-bond donors (Lipinski definition) is 9. The number of nitrogens with one attached hydrogen (secondary N) is 1. The molecule has 0 spiro atoms. The van der Waals surface area contributed by atoms with E-state index in [1.54, 1.807) is 0 Å². The summed E-state index contributed by atoms with van der Waals surface area (Å²) in [6.45, 7) is -0.561. The van der Waals surface area contributed by atoms with Crippen LogP contribution in [0.3, 0.4) is 0 Å². The predicted molar refractivity (Wildman–Crippen MR) is 93.0 cm³/mol. The van der Waals surface area contributed by atoms with Gasteiger partial charge >= 0.3 is 0 Å². The van der Waals surface area contributed by atoms with E-state index in [0.29, 0.717) is 0 Å².